The van der Waals surface area contributed by atoms with E-state index in [0.29, 0.717) is 5.82 Å². The van der Waals surface area contributed by atoms with E-state index < -0.39 is 0 Å². The summed E-state index contributed by atoms with van der Waals surface area (Å²) in [6.45, 7) is 0.263. The van der Waals surface area contributed by atoms with Gasteiger partial charge in [0.15, 0.2) is 0 Å². The maximum absolute atomic E-state index is 8.17. The summed E-state index contributed by atoms with van der Waals surface area (Å²) < 4.78 is 0. The van der Waals surface area contributed by atoms with Crippen LogP contribution in [0.15, 0.2) is 18.6 Å². The molecule has 10 heavy (non-hydrogen) atoms. The number of nitrogens with zero attached hydrogens (tertiary/aromatic N) is 3. The summed E-state index contributed by atoms with van der Waals surface area (Å²) in [6, 6.07) is 1.94. The molecule has 0 spiro atoms. The first-order chi connectivity index (χ1) is 4.93. The van der Waals surface area contributed by atoms with Crippen LogP contribution < -0.4 is 5.32 Å². The fraction of sp³-hybridized carbons (Fsp3) is 0.167. The number of nitrogens with one attached hydrogen (secondary N) is 1. The molecule has 1 rings (SSSR count). The molecular formula is C6H6N4. The third-order valence-corrected chi connectivity index (χ3v) is 0.912. The van der Waals surface area contributed by atoms with Crippen molar-refractivity contribution in [2.75, 3.05) is 11.9 Å². The number of anilines is 1. The van der Waals surface area contributed by atoms with Crippen LogP contribution in [-0.4, -0.2) is 16.5 Å². The van der Waals surface area contributed by atoms with E-state index in [1.54, 1.807) is 18.6 Å². The molecule has 0 fully saturated rings. The Balaban J connectivity index is 2.52. The van der Waals surface area contributed by atoms with Crippen molar-refractivity contribution in [2.24, 2.45) is 0 Å². The Labute approximate surface area is 58.5 Å². The number of hydrogen-bond acceptors (Lipinski definition) is 4. The lowest BCUT2D eigenvalue weighted by molar-refractivity contribution is 1.16. The fourth-order valence-corrected chi connectivity index (χ4v) is 0.520. The van der Waals surface area contributed by atoms with Crippen LogP contribution in [0, 0.1) is 11.3 Å². The van der Waals surface area contributed by atoms with Crippen molar-refractivity contribution in [2.45, 2.75) is 0 Å². The van der Waals surface area contributed by atoms with Crippen LogP contribution in [0.4, 0.5) is 5.82 Å². The molecule has 4 nitrogen and oxygen atoms in total. The summed E-state index contributed by atoms with van der Waals surface area (Å²) in [5.41, 5.74) is 0. The molecule has 0 bridgehead atoms. The standard InChI is InChI=1S/C6H6N4/c7-1-2-9-6-5-8-3-4-10-6/h3-5H,2H2,(H,9,10). The van der Waals surface area contributed by atoms with Crippen molar-refractivity contribution in [3.05, 3.63) is 18.6 Å². The van der Waals surface area contributed by atoms with Crippen LogP contribution in [0.25, 0.3) is 0 Å². The molecule has 0 aromatic carbocycles. The van der Waals surface area contributed by atoms with Crippen molar-refractivity contribution in [1.29, 1.82) is 5.26 Å². The van der Waals surface area contributed by atoms with E-state index in [1.807, 2.05) is 6.07 Å². The highest BCUT2D eigenvalue weighted by Crippen LogP contribution is 1.94. The van der Waals surface area contributed by atoms with E-state index in [4.69, 9.17) is 5.26 Å². The Morgan fingerprint density at radius 3 is 3.10 bits per heavy atom. The molecule has 0 aliphatic heterocycles. The maximum atomic E-state index is 8.17. The molecule has 0 saturated carbocycles. The topological polar surface area (TPSA) is 61.6 Å². The van der Waals surface area contributed by atoms with Gasteiger partial charge >= 0.3 is 0 Å². The van der Waals surface area contributed by atoms with Gasteiger partial charge < -0.3 is 5.32 Å². The highest BCUT2D eigenvalue weighted by Gasteiger charge is 1.86. The molecule has 0 amide bonds. The quantitative estimate of drug-likeness (QED) is 0.595. The maximum Gasteiger partial charge on any atom is 0.145 e. The van der Waals surface area contributed by atoms with Gasteiger partial charge in [-0.2, -0.15) is 5.26 Å². The Kier molecular flexibility index (Phi) is 2.21. The minimum Gasteiger partial charge on any atom is -0.356 e. The van der Waals surface area contributed by atoms with Crippen LogP contribution in [0.3, 0.4) is 0 Å². The molecule has 0 aliphatic rings. The zero-order valence-electron chi connectivity index (χ0n) is 5.28. The number of nitriles is 1. The lowest BCUT2D eigenvalue weighted by atomic mass is 10.6. The first kappa shape index (κ1) is 6.49. The molecule has 1 N–H and O–H groups in total. The van der Waals surface area contributed by atoms with Crippen LogP contribution in [0.5, 0.6) is 0 Å². The summed E-state index contributed by atoms with van der Waals surface area (Å²) in [6.07, 6.45) is 4.72. The van der Waals surface area contributed by atoms with Crippen molar-refractivity contribution >= 4 is 5.82 Å². The first-order valence-electron chi connectivity index (χ1n) is 2.80. The summed E-state index contributed by atoms with van der Waals surface area (Å²) in [5, 5.41) is 10.9. The van der Waals surface area contributed by atoms with Crippen molar-refractivity contribution in [1.82, 2.24) is 9.97 Å². The highest BCUT2D eigenvalue weighted by molar-refractivity contribution is 5.30. The van der Waals surface area contributed by atoms with Gasteiger partial charge in [0.25, 0.3) is 0 Å². The first-order valence-corrected chi connectivity index (χ1v) is 2.80. The normalized spacial score (nSPS) is 8.30. The molecule has 50 valence electrons. The molecule has 0 saturated heterocycles. The van der Waals surface area contributed by atoms with Gasteiger partial charge in [0.1, 0.15) is 12.4 Å². The molecule has 1 heterocycles. The van der Waals surface area contributed by atoms with Gasteiger partial charge in [0, 0.05) is 12.4 Å². The molecule has 1 aromatic rings. The molecule has 0 radical (unpaired) electrons. The average Bonchev–Trinajstić information content (AvgIpc) is 2.03. The third kappa shape index (κ3) is 1.71. The average molecular weight is 134 g/mol. The van der Waals surface area contributed by atoms with Crippen molar-refractivity contribution in [3.63, 3.8) is 0 Å². The minimum atomic E-state index is 0.263. The van der Waals surface area contributed by atoms with Crippen LogP contribution in [-0.2, 0) is 0 Å². The SMILES string of the molecule is N#CCNc1cnccn1. The van der Waals surface area contributed by atoms with Gasteiger partial charge in [0.05, 0.1) is 12.3 Å². The summed E-state index contributed by atoms with van der Waals surface area (Å²) in [5.74, 6) is 0.629. The Morgan fingerprint density at radius 1 is 1.60 bits per heavy atom. The second-order valence-corrected chi connectivity index (χ2v) is 1.60. The highest BCUT2D eigenvalue weighted by atomic mass is 15.0. The minimum absolute atomic E-state index is 0.263. The predicted octanol–water partition coefficient (Wildman–Crippen LogP) is 0.412. The van der Waals surface area contributed by atoms with Crippen LogP contribution in [0.1, 0.15) is 0 Å². The van der Waals surface area contributed by atoms with Gasteiger partial charge in [-0.15, -0.1) is 0 Å². The van der Waals surface area contributed by atoms with Gasteiger partial charge in [-0.1, -0.05) is 0 Å². The lowest BCUT2D eigenvalue weighted by Crippen LogP contribution is -1.99. The molecule has 0 aliphatic carbocycles. The van der Waals surface area contributed by atoms with E-state index in [2.05, 4.69) is 15.3 Å². The van der Waals surface area contributed by atoms with E-state index >= 15 is 0 Å². The molecule has 0 unspecified atom stereocenters. The van der Waals surface area contributed by atoms with Crippen molar-refractivity contribution in [3.8, 4) is 6.07 Å². The van der Waals surface area contributed by atoms with Gasteiger partial charge in [0.2, 0.25) is 0 Å². The van der Waals surface area contributed by atoms with Gasteiger partial charge in [-0.25, -0.2) is 4.98 Å². The number of hydrogen-bond donors (Lipinski definition) is 1. The van der Waals surface area contributed by atoms with E-state index in [-0.39, 0.29) is 6.54 Å². The molecule has 1 aromatic heterocycles. The van der Waals surface area contributed by atoms with Crippen molar-refractivity contribution < 1.29 is 0 Å². The number of aromatic nitrogens is 2. The summed E-state index contributed by atoms with van der Waals surface area (Å²) in [7, 11) is 0. The van der Waals surface area contributed by atoms with Crippen LogP contribution in [0.2, 0.25) is 0 Å². The van der Waals surface area contributed by atoms with E-state index in [9.17, 15) is 0 Å². The van der Waals surface area contributed by atoms with E-state index in [1.165, 1.54) is 0 Å². The third-order valence-electron chi connectivity index (χ3n) is 0.912. The zero-order chi connectivity index (χ0) is 7.23. The van der Waals surface area contributed by atoms with Crippen LogP contribution >= 0.6 is 0 Å². The lowest BCUT2D eigenvalue weighted by Gasteiger charge is -1.95. The summed E-state index contributed by atoms with van der Waals surface area (Å²) in [4.78, 5) is 7.69. The smallest absolute Gasteiger partial charge is 0.145 e. The molecular weight excluding hydrogens is 128 g/mol. The number of rotatable bonds is 2. The Morgan fingerprint density at radius 2 is 2.50 bits per heavy atom. The summed E-state index contributed by atoms with van der Waals surface area (Å²) >= 11 is 0. The zero-order valence-corrected chi connectivity index (χ0v) is 5.28. The van der Waals surface area contributed by atoms with E-state index in [0.717, 1.165) is 0 Å². The van der Waals surface area contributed by atoms with Gasteiger partial charge in [-0.05, 0) is 0 Å². The fourth-order valence-electron chi connectivity index (χ4n) is 0.520. The monoisotopic (exact) mass is 134 g/mol. The van der Waals surface area contributed by atoms with Gasteiger partial charge in [-0.3, -0.25) is 4.98 Å². The predicted molar refractivity (Wildman–Crippen MR) is 36.1 cm³/mol. The molecule has 0 atom stereocenters. The second-order valence-electron chi connectivity index (χ2n) is 1.60. The molecule has 4 heteroatoms. The largest absolute Gasteiger partial charge is 0.356 e. The Hall–Kier alpha value is -1.63. The Bertz CT molecular complexity index is 225. The second kappa shape index (κ2) is 3.41.